The minimum atomic E-state index is -3.61. The van der Waals surface area contributed by atoms with E-state index in [9.17, 15) is 48.0 Å². The number of aromatic nitrogens is 16. The summed E-state index contributed by atoms with van der Waals surface area (Å²) in [5.74, 6) is -3.67. The molecule has 114 heavy (non-hydrogen) atoms. The number of fused-ring (bicyclic) bond motifs is 15. The molecule has 6 bridgehead atoms. The third-order valence-electron chi connectivity index (χ3n) is 25.0. The van der Waals surface area contributed by atoms with Crippen molar-refractivity contribution in [3.63, 3.8) is 0 Å². The molecule has 6 aliphatic carbocycles. The molecule has 9 heterocycles. The van der Waals surface area contributed by atoms with Crippen LogP contribution in [0, 0.1) is 51.1 Å². The maximum atomic E-state index is 14.5. The molecule has 0 unspecified atom stereocenters. The van der Waals surface area contributed by atoms with E-state index in [-0.39, 0.29) is 92.4 Å². The lowest BCUT2D eigenvalue weighted by Gasteiger charge is -2.37. The van der Waals surface area contributed by atoms with Gasteiger partial charge in [-0.15, -0.1) is 15.3 Å². The maximum absolute atomic E-state index is 14.5. The van der Waals surface area contributed by atoms with Gasteiger partial charge < -0.3 is 0 Å². The van der Waals surface area contributed by atoms with Crippen LogP contribution in [0.5, 0.6) is 0 Å². The van der Waals surface area contributed by atoms with Crippen molar-refractivity contribution in [2.45, 2.75) is 147 Å². The Morgan fingerprint density at radius 3 is 1.18 bits per heavy atom. The lowest BCUT2D eigenvalue weighted by atomic mass is 9.66. The van der Waals surface area contributed by atoms with Gasteiger partial charge in [0.1, 0.15) is 40.7 Å². The minimum absolute atomic E-state index is 0.105. The van der Waals surface area contributed by atoms with Gasteiger partial charge in [-0.3, -0.25) is 33.8 Å². The summed E-state index contributed by atoms with van der Waals surface area (Å²) in [6, 6.07) is 28.6. The summed E-state index contributed by atoms with van der Waals surface area (Å²) in [6.45, 7) is 16.0. The molecule has 31 heteroatoms. The van der Waals surface area contributed by atoms with E-state index in [1.54, 1.807) is 65.6 Å². The van der Waals surface area contributed by atoms with E-state index in [1.807, 2.05) is 54.9 Å². The van der Waals surface area contributed by atoms with Crippen LogP contribution < -0.4 is 9.86 Å². The molecule has 0 radical (unpaired) electrons. The summed E-state index contributed by atoms with van der Waals surface area (Å²) in [4.78, 5) is 31.0. The number of pyridine rings is 2. The molecular formula is C83H80F6N18O5S2. The quantitative estimate of drug-likeness (QED) is 0.0711. The highest BCUT2D eigenvalue weighted by Gasteiger charge is 2.68. The zero-order valence-corrected chi connectivity index (χ0v) is 65.2. The smallest absolute Gasteiger partial charge is 0.210 e. The summed E-state index contributed by atoms with van der Waals surface area (Å²) < 4.78 is 140. The molecule has 9 aromatic heterocycles. The molecule has 18 rings (SSSR count). The molecule has 3 fully saturated rings. The third-order valence-corrected chi connectivity index (χ3v) is 26.5. The fourth-order valence-corrected chi connectivity index (χ4v) is 20.2. The Morgan fingerprint density at radius 2 is 0.807 bits per heavy atom. The van der Waals surface area contributed by atoms with Gasteiger partial charge in [-0.25, -0.2) is 58.0 Å². The normalized spacial score (nSPS) is 21.4. The number of hydrogen-bond acceptors (Lipinski definition) is 18. The van der Waals surface area contributed by atoms with Crippen LogP contribution in [0.4, 0.5) is 26.3 Å². The Hall–Kier alpha value is -11.0. The van der Waals surface area contributed by atoms with E-state index in [0.29, 0.717) is 30.8 Å². The largest absolute Gasteiger partial charge is 0.300 e. The van der Waals surface area contributed by atoms with Crippen molar-refractivity contribution in [2.75, 3.05) is 18.6 Å². The Balaban J connectivity index is 0.000000129. The van der Waals surface area contributed by atoms with Crippen molar-refractivity contribution in [3.05, 3.63) is 245 Å². The second kappa shape index (κ2) is 28.5. The molecule has 3 N–H and O–H groups in total. The van der Waals surface area contributed by atoms with Crippen molar-refractivity contribution in [2.24, 2.45) is 21.4 Å². The SMILES string of the molecule is CC(=O)CCn1cc(-c2cccc([C@@]34CC[C@@H](c5cc(-c6c(F)cccc6F)nnc53)C4(C)C)n2)cn1.CC1(C)[C@H]2CC[C@]1(c1cccc(-c3cnn(CCNS(C)(=O)=O)c3)n1)c1nnc(-c3c(F)cccc3F)cc12.CC1(C)[C@H]2CC[C@]1(c1cncc(-c3cnn(CCS(N)(=O)=O)c3)n1)c1nnc(-c3c(F)cccc3F)cc12. The average Bonchev–Trinajstić information content (AvgIpc) is 1.53. The van der Waals surface area contributed by atoms with Gasteiger partial charge in [-0.2, -0.15) is 30.6 Å². The predicted molar refractivity (Wildman–Crippen MR) is 412 cm³/mol. The highest BCUT2D eigenvalue weighted by atomic mass is 32.2. The number of sulfonamides is 2. The Bertz CT molecular complexity index is 6040. The Morgan fingerprint density at radius 1 is 0.456 bits per heavy atom. The number of aryl methyl sites for hydroxylation is 2. The predicted octanol–water partition coefficient (Wildman–Crippen LogP) is 13.9. The van der Waals surface area contributed by atoms with E-state index in [1.165, 1.54) is 59.3 Å². The van der Waals surface area contributed by atoms with Gasteiger partial charge in [-0.1, -0.05) is 71.9 Å². The van der Waals surface area contributed by atoms with Crippen LogP contribution in [0.25, 0.3) is 67.5 Å². The molecule has 0 spiro atoms. The number of Topliss-reactive ketones (excluding diaryl/α,β-unsaturated/α-hetero) is 1. The monoisotopic (exact) mass is 1590 g/mol. The van der Waals surface area contributed by atoms with Crippen LogP contribution in [-0.4, -0.2) is 121 Å². The van der Waals surface area contributed by atoms with Gasteiger partial charge in [0, 0.05) is 61.0 Å². The molecule has 586 valence electrons. The number of hydrogen-bond donors (Lipinski definition) is 2. The average molecular weight is 1590 g/mol. The maximum Gasteiger partial charge on any atom is 0.210 e. The number of benzene rings is 3. The van der Waals surface area contributed by atoms with Crippen LogP contribution in [0.3, 0.4) is 0 Å². The molecule has 12 aromatic rings. The topological polar surface area (TPSA) is 306 Å². The molecule has 6 aliphatic rings. The highest BCUT2D eigenvalue weighted by molar-refractivity contribution is 7.89. The van der Waals surface area contributed by atoms with Crippen LogP contribution in [0.15, 0.2) is 159 Å². The number of primary sulfonamides is 1. The summed E-state index contributed by atoms with van der Waals surface area (Å²) in [5.41, 5.74) is 10.1. The molecular weight excluding hydrogens is 1510 g/mol. The molecule has 23 nitrogen and oxygen atoms in total. The van der Waals surface area contributed by atoms with Gasteiger partial charge in [0.15, 0.2) is 0 Å². The number of rotatable bonds is 19. The van der Waals surface area contributed by atoms with Crippen LogP contribution >= 0.6 is 0 Å². The minimum Gasteiger partial charge on any atom is -0.300 e. The number of ketones is 1. The molecule has 0 aliphatic heterocycles. The van der Waals surface area contributed by atoms with Crippen molar-refractivity contribution in [1.29, 1.82) is 0 Å². The fourth-order valence-electron chi connectivity index (χ4n) is 19.3. The van der Waals surface area contributed by atoms with E-state index >= 15 is 0 Å². The Labute approximate surface area is 653 Å². The molecule has 3 saturated carbocycles. The first-order chi connectivity index (χ1) is 54.2. The van der Waals surface area contributed by atoms with Crippen molar-refractivity contribution in [3.8, 4) is 67.5 Å². The summed E-state index contributed by atoms with van der Waals surface area (Å²) in [7, 11) is -6.88. The number of carbonyl (C=O) groups is 1. The molecule has 6 atom stereocenters. The summed E-state index contributed by atoms with van der Waals surface area (Å²) in [5, 5.41) is 44.8. The van der Waals surface area contributed by atoms with Crippen LogP contribution in [0.1, 0.15) is 162 Å². The summed E-state index contributed by atoms with van der Waals surface area (Å²) in [6.07, 6.45) is 20.7. The van der Waals surface area contributed by atoms with Crippen molar-refractivity contribution >= 4 is 25.8 Å². The zero-order valence-electron chi connectivity index (χ0n) is 63.6. The zero-order chi connectivity index (χ0) is 80.4. The van der Waals surface area contributed by atoms with E-state index < -0.39 is 71.2 Å². The molecule has 3 aromatic carbocycles. The first-order valence-electron chi connectivity index (χ1n) is 37.5. The molecule has 0 amide bonds. The highest BCUT2D eigenvalue weighted by Crippen LogP contribution is 2.72. The lowest BCUT2D eigenvalue weighted by Crippen LogP contribution is -2.38. The van der Waals surface area contributed by atoms with E-state index in [4.69, 9.17) is 20.1 Å². The third kappa shape index (κ3) is 12.9. The van der Waals surface area contributed by atoms with Crippen LogP contribution in [-0.2, 0) is 60.7 Å². The first kappa shape index (κ1) is 76.9. The van der Waals surface area contributed by atoms with Gasteiger partial charge >= 0.3 is 0 Å². The number of halogens is 6. The summed E-state index contributed by atoms with van der Waals surface area (Å²) >= 11 is 0. The standard InChI is InChI=1S/C29H27F2N5O.C28H28F2N6O2S.C26H25F2N7O2S/c1-17(37)11-13-36-16-18(15-32-36)23-8-5-9-25(33-23)29-12-10-20(28(29,2)3)19-14-24(34-35-27(19)29)26-21(30)6-4-7-22(26)31;1-27(2)19-10-11-28(27,26-18(19)14-23(34-35-26)25-20(29)6-4-7-21(25)30)24-9-5-8-22(33-24)17-15-31-36(16-17)13-12-32-39(3,37)38;1-25(2)17-6-7-26(25,24-16(17)10-20(33-34-24)23-18(27)4-3-5-19(23)28)22-13-30-12-21(32-22)15-11-31-35(14-15)8-9-38(29,36)37/h4-9,14-16,20H,10-13H2,1-3H3;4-9,14-16,19,32H,10-13H2,1-3H3;3-5,10-14,17H,6-9H2,1-2H3,(H2,29,36,37)/t20-,29-;19-,28-;17-,26-/m000/s1. The second-order valence-corrected chi connectivity index (χ2v) is 35.7. The first-order valence-corrected chi connectivity index (χ1v) is 41.1. The van der Waals surface area contributed by atoms with Crippen LogP contribution in [0.2, 0.25) is 0 Å². The second-order valence-electron chi connectivity index (χ2n) is 32.1. The van der Waals surface area contributed by atoms with Gasteiger partial charge in [-0.05, 0) is 175 Å². The van der Waals surface area contributed by atoms with Gasteiger partial charge in [0.05, 0.1) is 151 Å². The van der Waals surface area contributed by atoms with Gasteiger partial charge in [0.2, 0.25) is 20.0 Å². The fraction of sp³-hybridized carbons (Fsp3) is 0.349. The van der Waals surface area contributed by atoms with E-state index in [2.05, 4.69) is 97.1 Å². The molecule has 0 saturated heterocycles. The number of nitrogens with two attached hydrogens (primary N) is 1. The number of carbonyl (C=O) groups excluding carboxylic acids is 1. The van der Waals surface area contributed by atoms with Crippen molar-refractivity contribution < 1.29 is 48.0 Å². The van der Waals surface area contributed by atoms with E-state index in [0.717, 1.165) is 118 Å². The Kier molecular flexibility index (Phi) is 19.2. The number of nitrogens with one attached hydrogen (secondary N) is 1. The van der Waals surface area contributed by atoms with Crippen molar-refractivity contribution in [1.82, 2.24) is 84.6 Å². The number of nitrogens with zero attached hydrogens (tertiary/aromatic N) is 16. The lowest BCUT2D eigenvalue weighted by molar-refractivity contribution is -0.117. The van der Waals surface area contributed by atoms with Gasteiger partial charge in [0.25, 0.3) is 0 Å².